The topological polar surface area (TPSA) is 46.2 Å². The van der Waals surface area contributed by atoms with Gasteiger partial charge in [-0.1, -0.05) is 6.92 Å². The standard InChI is InChI=1S/C7H13NO2/c1-3-7(4-5-9)8-6(2)10/h5,7H,3-4H2,1-2H3,(H,8,10)/t7-/m0/s1. The van der Waals surface area contributed by atoms with Gasteiger partial charge in [0.25, 0.3) is 0 Å². The summed E-state index contributed by atoms with van der Waals surface area (Å²) < 4.78 is 0. The molecule has 58 valence electrons. The van der Waals surface area contributed by atoms with Crippen molar-refractivity contribution in [2.45, 2.75) is 32.7 Å². The molecule has 3 nitrogen and oxygen atoms in total. The summed E-state index contributed by atoms with van der Waals surface area (Å²) in [5.74, 6) is -0.0753. The Bertz CT molecular complexity index is 123. The molecule has 0 aliphatic heterocycles. The lowest BCUT2D eigenvalue weighted by Crippen LogP contribution is -2.32. The van der Waals surface area contributed by atoms with Gasteiger partial charge in [-0.15, -0.1) is 0 Å². The lowest BCUT2D eigenvalue weighted by molar-refractivity contribution is -0.119. The van der Waals surface area contributed by atoms with Gasteiger partial charge in [0.05, 0.1) is 0 Å². The number of amides is 1. The second-order valence-electron chi connectivity index (χ2n) is 2.21. The van der Waals surface area contributed by atoms with Crippen LogP contribution in [0.15, 0.2) is 0 Å². The fourth-order valence-electron chi connectivity index (χ4n) is 0.731. The van der Waals surface area contributed by atoms with Gasteiger partial charge in [-0.2, -0.15) is 0 Å². The third-order valence-electron chi connectivity index (χ3n) is 1.28. The molecule has 0 saturated heterocycles. The molecule has 10 heavy (non-hydrogen) atoms. The molecule has 0 aliphatic carbocycles. The van der Waals surface area contributed by atoms with Gasteiger partial charge in [-0.3, -0.25) is 4.79 Å². The lowest BCUT2D eigenvalue weighted by atomic mass is 10.2. The third kappa shape index (κ3) is 4.06. The normalized spacial score (nSPS) is 12.2. The summed E-state index contributed by atoms with van der Waals surface area (Å²) in [4.78, 5) is 20.5. The molecule has 3 heteroatoms. The molecule has 0 bridgehead atoms. The Kier molecular flexibility index (Phi) is 4.54. The minimum Gasteiger partial charge on any atom is -0.353 e. The van der Waals surface area contributed by atoms with Crippen LogP contribution < -0.4 is 5.32 Å². The maximum absolute atomic E-state index is 10.5. The monoisotopic (exact) mass is 143 g/mol. The van der Waals surface area contributed by atoms with Crippen LogP contribution in [0, 0.1) is 0 Å². The number of aldehydes is 1. The predicted octanol–water partition coefficient (Wildman–Crippen LogP) is 0.490. The summed E-state index contributed by atoms with van der Waals surface area (Å²) in [5, 5.41) is 2.66. The first-order chi connectivity index (χ1) is 4.70. The molecule has 0 aliphatic rings. The molecule has 0 heterocycles. The van der Waals surface area contributed by atoms with E-state index in [1.807, 2.05) is 6.92 Å². The fraction of sp³-hybridized carbons (Fsp3) is 0.714. The zero-order valence-electron chi connectivity index (χ0n) is 6.39. The van der Waals surface area contributed by atoms with Crippen LogP contribution in [-0.2, 0) is 9.59 Å². The number of carbonyl (C=O) groups excluding carboxylic acids is 2. The first-order valence-corrected chi connectivity index (χ1v) is 3.41. The summed E-state index contributed by atoms with van der Waals surface area (Å²) in [6.07, 6.45) is 2.04. The number of hydrogen-bond acceptors (Lipinski definition) is 2. The summed E-state index contributed by atoms with van der Waals surface area (Å²) in [6.45, 7) is 3.39. The smallest absolute Gasteiger partial charge is 0.217 e. The van der Waals surface area contributed by atoms with Crippen LogP contribution in [-0.4, -0.2) is 18.2 Å². The Hall–Kier alpha value is -0.860. The molecule has 1 N–H and O–H groups in total. The van der Waals surface area contributed by atoms with Gasteiger partial charge < -0.3 is 10.1 Å². The first-order valence-electron chi connectivity index (χ1n) is 3.41. The van der Waals surface area contributed by atoms with E-state index in [4.69, 9.17) is 0 Å². The van der Waals surface area contributed by atoms with Crippen LogP contribution in [0.25, 0.3) is 0 Å². The number of carbonyl (C=O) groups is 2. The Balaban J connectivity index is 3.59. The molecule has 0 fully saturated rings. The van der Waals surface area contributed by atoms with E-state index < -0.39 is 0 Å². The second kappa shape index (κ2) is 4.97. The van der Waals surface area contributed by atoms with Crippen LogP contribution in [0.4, 0.5) is 0 Å². The van der Waals surface area contributed by atoms with Gasteiger partial charge in [0, 0.05) is 19.4 Å². The molecule has 0 unspecified atom stereocenters. The zero-order chi connectivity index (χ0) is 7.98. The van der Waals surface area contributed by atoms with Crippen molar-refractivity contribution in [1.29, 1.82) is 0 Å². The van der Waals surface area contributed by atoms with E-state index >= 15 is 0 Å². The van der Waals surface area contributed by atoms with Gasteiger partial charge >= 0.3 is 0 Å². The molecular weight excluding hydrogens is 130 g/mol. The van der Waals surface area contributed by atoms with E-state index in [0.29, 0.717) is 6.42 Å². The maximum atomic E-state index is 10.5. The van der Waals surface area contributed by atoms with Crippen molar-refractivity contribution in [2.24, 2.45) is 0 Å². The number of rotatable bonds is 4. The summed E-state index contributed by atoms with van der Waals surface area (Å²) in [5.41, 5.74) is 0. The fourth-order valence-corrected chi connectivity index (χ4v) is 0.731. The number of hydrogen-bond donors (Lipinski definition) is 1. The molecule has 0 aromatic heterocycles. The average Bonchev–Trinajstić information content (AvgIpc) is 1.86. The van der Waals surface area contributed by atoms with Crippen molar-refractivity contribution < 1.29 is 9.59 Å². The Morgan fingerprint density at radius 1 is 1.70 bits per heavy atom. The molecule has 0 aromatic carbocycles. The molecular formula is C7H13NO2. The van der Waals surface area contributed by atoms with E-state index in [-0.39, 0.29) is 11.9 Å². The summed E-state index contributed by atoms with van der Waals surface area (Å²) in [7, 11) is 0. The minimum absolute atomic E-state index is 0.0231. The highest BCUT2D eigenvalue weighted by Crippen LogP contribution is 1.93. The molecule has 0 aromatic rings. The average molecular weight is 143 g/mol. The molecule has 0 spiro atoms. The summed E-state index contributed by atoms with van der Waals surface area (Å²) >= 11 is 0. The second-order valence-corrected chi connectivity index (χ2v) is 2.21. The summed E-state index contributed by atoms with van der Waals surface area (Å²) in [6, 6.07) is 0.0231. The van der Waals surface area contributed by atoms with Crippen LogP contribution in [0.3, 0.4) is 0 Å². The largest absolute Gasteiger partial charge is 0.353 e. The van der Waals surface area contributed by atoms with E-state index in [0.717, 1.165) is 12.7 Å². The number of nitrogens with one attached hydrogen (secondary N) is 1. The predicted molar refractivity (Wildman–Crippen MR) is 38.6 cm³/mol. The highest BCUT2D eigenvalue weighted by atomic mass is 16.1. The molecule has 0 radical (unpaired) electrons. The van der Waals surface area contributed by atoms with Crippen molar-refractivity contribution in [3.63, 3.8) is 0 Å². The quantitative estimate of drug-likeness (QED) is 0.582. The molecule has 0 saturated carbocycles. The van der Waals surface area contributed by atoms with Crippen molar-refractivity contribution >= 4 is 12.2 Å². The van der Waals surface area contributed by atoms with Crippen LogP contribution in [0.2, 0.25) is 0 Å². The van der Waals surface area contributed by atoms with Crippen LogP contribution >= 0.6 is 0 Å². The Morgan fingerprint density at radius 3 is 2.60 bits per heavy atom. The van der Waals surface area contributed by atoms with Gasteiger partial charge in [0.15, 0.2) is 0 Å². The zero-order valence-corrected chi connectivity index (χ0v) is 6.39. The van der Waals surface area contributed by atoms with Gasteiger partial charge in [-0.25, -0.2) is 0 Å². The van der Waals surface area contributed by atoms with Crippen molar-refractivity contribution in [1.82, 2.24) is 5.32 Å². The van der Waals surface area contributed by atoms with Gasteiger partial charge in [0.1, 0.15) is 6.29 Å². The molecule has 1 atom stereocenters. The van der Waals surface area contributed by atoms with Crippen LogP contribution in [0.5, 0.6) is 0 Å². The minimum atomic E-state index is -0.0753. The first kappa shape index (κ1) is 9.14. The van der Waals surface area contributed by atoms with Gasteiger partial charge in [0.2, 0.25) is 5.91 Å². The van der Waals surface area contributed by atoms with E-state index in [1.165, 1.54) is 6.92 Å². The highest BCUT2D eigenvalue weighted by Gasteiger charge is 2.04. The van der Waals surface area contributed by atoms with Crippen molar-refractivity contribution in [3.05, 3.63) is 0 Å². The van der Waals surface area contributed by atoms with E-state index in [9.17, 15) is 9.59 Å². The maximum Gasteiger partial charge on any atom is 0.217 e. The molecule has 1 amide bonds. The lowest BCUT2D eigenvalue weighted by Gasteiger charge is -2.11. The van der Waals surface area contributed by atoms with Crippen molar-refractivity contribution in [3.8, 4) is 0 Å². The third-order valence-corrected chi connectivity index (χ3v) is 1.28. The van der Waals surface area contributed by atoms with E-state index in [1.54, 1.807) is 0 Å². The Labute approximate surface area is 60.8 Å². The molecule has 0 rings (SSSR count). The van der Waals surface area contributed by atoms with Gasteiger partial charge in [-0.05, 0) is 6.42 Å². The SMILES string of the molecule is CC[C@@H](CC=O)NC(C)=O. The Morgan fingerprint density at radius 2 is 2.30 bits per heavy atom. The highest BCUT2D eigenvalue weighted by molar-refractivity contribution is 5.73. The van der Waals surface area contributed by atoms with Crippen LogP contribution in [0.1, 0.15) is 26.7 Å². The van der Waals surface area contributed by atoms with Crippen molar-refractivity contribution in [2.75, 3.05) is 0 Å². The van der Waals surface area contributed by atoms with E-state index in [2.05, 4.69) is 5.32 Å².